The summed E-state index contributed by atoms with van der Waals surface area (Å²) in [5.41, 5.74) is 3.13. The summed E-state index contributed by atoms with van der Waals surface area (Å²) >= 11 is 0. The molecule has 27 heavy (non-hydrogen) atoms. The number of anilines is 1. The van der Waals surface area contributed by atoms with Crippen LogP contribution < -0.4 is 5.32 Å². The maximum absolute atomic E-state index is 12.9. The van der Waals surface area contributed by atoms with E-state index in [1.165, 1.54) is 12.7 Å². The number of ether oxygens (including phenoxy) is 2. The Morgan fingerprint density at radius 2 is 1.85 bits per heavy atom. The molecule has 6 heteroatoms. The van der Waals surface area contributed by atoms with Crippen molar-refractivity contribution < 1.29 is 19.1 Å². The topological polar surface area (TPSA) is 67.9 Å². The number of likely N-dealkylation sites (tertiary alicyclic amines) is 1. The lowest BCUT2D eigenvalue weighted by atomic mass is 9.95. The molecule has 0 aromatic heterocycles. The van der Waals surface area contributed by atoms with Crippen molar-refractivity contribution in [3.63, 3.8) is 0 Å². The van der Waals surface area contributed by atoms with Crippen LogP contribution in [0.4, 0.5) is 10.5 Å². The predicted octanol–water partition coefficient (Wildman–Crippen LogP) is 3.50. The van der Waals surface area contributed by atoms with Gasteiger partial charge in [0.1, 0.15) is 12.8 Å². The van der Waals surface area contributed by atoms with E-state index in [1.54, 1.807) is 4.90 Å². The molecular formula is C21H22N2O4. The molecule has 2 unspecified atom stereocenters. The quantitative estimate of drug-likeness (QED) is 0.839. The van der Waals surface area contributed by atoms with E-state index >= 15 is 0 Å². The van der Waals surface area contributed by atoms with E-state index in [1.807, 2.05) is 48.5 Å². The summed E-state index contributed by atoms with van der Waals surface area (Å²) in [7, 11) is 1.36. The Kier molecular flexibility index (Phi) is 4.71. The molecular weight excluding hydrogens is 344 g/mol. The fourth-order valence-corrected chi connectivity index (χ4v) is 4.05. The van der Waals surface area contributed by atoms with Crippen molar-refractivity contribution in [1.29, 1.82) is 0 Å². The van der Waals surface area contributed by atoms with Gasteiger partial charge >= 0.3 is 12.1 Å². The van der Waals surface area contributed by atoms with Gasteiger partial charge in [-0.25, -0.2) is 4.79 Å². The number of nitrogens with one attached hydrogen (secondary N) is 1. The van der Waals surface area contributed by atoms with Crippen LogP contribution >= 0.6 is 0 Å². The third-order valence-corrected chi connectivity index (χ3v) is 5.31. The molecule has 0 saturated carbocycles. The summed E-state index contributed by atoms with van der Waals surface area (Å²) in [6, 6.07) is 17.3. The normalized spacial score (nSPS) is 22.6. The number of fused-ring (bicyclic) bond motifs is 3. The third kappa shape index (κ3) is 3.35. The van der Waals surface area contributed by atoms with Crippen LogP contribution in [-0.4, -0.2) is 36.3 Å². The molecule has 4 rings (SSSR count). The zero-order chi connectivity index (χ0) is 18.8. The number of esters is 1. The van der Waals surface area contributed by atoms with Crippen molar-refractivity contribution in [3.8, 4) is 0 Å². The van der Waals surface area contributed by atoms with Crippen LogP contribution in [-0.2, 0) is 20.9 Å². The highest BCUT2D eigenvalue weighted by Gasteiger charge is 2.49. The Bertz CT molecular complexity index is 839. The van der Waals surface area contributed by atoms with Crippen molar-refractivity contribution in [2.75, 3.05) is 12.4 Å². The first-order valence-corrected chi connectivity index (χ1v) is 9.08. The Labute approximate surface area is 158 Å². The van der Waals surface area contributed by atoms with Gasteiger partial charge in [-0.05, 0) is 23.6 Å². The van der Waals surface area contributed by atoms with Gasteiger partial charge in [-0.3, -0.25) is 9.69 Å². The average molecular weight is 366 g/mol. The minimum absolute atomic E-state index is 0.139. The number of carbonyl (C=O) groups is 2. The second-order valence-electron chi connectivity index (χ2n) is 6.90. The smallest absolute Gasteiger partial charge is 0.412 e. The summed E-state index contributed by atoms with van der Waals surface area (Å²) in [5, 5.41) is 3.42. The largest absolute Gasteiger partial charge is 0.469 e. The first-order chi connectivity index (χ1) is 13.2. The lowest BCUT2D eigenvalue weighted by Gasteiger charge is -2.29. The molecule has 3 atom stereocenters. The number of para-hydroxylation sites is 1. The molecule has 2 aromatic rings. The van der Waals surface area contributed by atoms with Crippen molar-refractivity contribution in [1.82, 2.24) is 4.90 Å². The van der Waals surface area contributed by atoms with E-state index in [0.29, 0.717) is 6.42 Å². The highest BCUT2D eigenvalue weighted by Crippen LogP contribution is 2.46. The third-order valence-electron chi connectivity index (χ3n) is 5.31. The summed E-state index contributed by atoms with van der Waals surface area (Å²) in [4.78, 5) is 26.4. The van der Waals surface area contributed by atoms with E-state index in [4.69, 9.17) is 9.47 Å². The number of carbonyl (C=O) groups excluding carboxylic acids is 2. The second-order valence-corrected chi connectivity index (χ2v) is 6.90. The Morgan fingerprint density at radius 1 is 1.11 bits per heavy atom. The standard InChI is InChI=1S/C21H22N2O4/c1-26-19(24)12-15-11-17-16-9-5-6-10-18(16)22-20(17)23(15)21(25)27-13-14-7-3-2-4-8-14/h2-10,15,17,20,22H,11-13H2,1H3/t15-,17?,20?/m0/s1. The molecule has 140 valence electrons. The van der Waals surface area contributed by atoms with Crippen molar-refractivity contribution in [2.45, 2.75) is 37.6 Å². The fraction of sp³-hybridized carbons (Fsp3) is 0.333. The molecule has 2 heterocycles. The van der Waals surface area contributed by atoms with Gasteiger partial charge in [-0.2, -0.15) is 0 Å². The van der Waals surface area contributed by atoms with E-state index in [2.05, 4.69) is 11.4 Å². The van der Waals surface area contributed by atoms with Gasteiger partial charge in [0, 0.05) is 17.6 Å². The summed E-state index contributed by atoms with van der Waals surface area (Å²) in [6.07, 6.45) is 0.235. The Morgan fingerprint density at radius 3 is 2.63 bits per heavy atom. The van der Waals surface area contributed by atoms with Gasteiger partial charge in [-0.15, -0.1) is 0 Å². The lowest BCUT2D eigenvalue weighted by Crippen LogP contribution is -2.45. The first kappa shape index (κ1) is 17.4. The van der Waals surface area contributed by atoms with Crippen LogP contribution in [0, 0.1) is 0 Å². The SMILES string of the molecule is COC(=O)C[C@@H]1CC2c3ccccc3NC2N1C(=O)OCc1ccccc1. The summed E-state index contributed by atoms with van der Waals surface area (Å²) < 4.78 is 10.4. The predicted molar refractivity (Wildman–Crippen MR) is 100 cm³/mol. The molecule has 1 N–H and O–H groups in total. The fourth-order valence-electron chi connectivity index (χ4n) is 4.05. The van der Waals surface area contributed by atoms with Gasteiger partial charge in [0.15, 0.2) is 0 Å². The van der Waals surface area contributed by atoms with Gasteiger partial charge < -0.3 is 14.8 Å². The van der Waals surface area contributed by atoms with Crippen LogP contribution in [0.1, 0.15) is 29.9 Å². The van der Waals surface area contributed by atoms with Crippen LogP contribution in [0.25, 0.3) is 0 Å². The summed E-state index contributed by atoms with van der Waals surface area (Å²) in [5.74, 6) is -0.186. The number of amides is 1. The van der Waals surface area contributed by atoms with Gasteiger partial charge in [0.05, 0.1) is 13.5 Å². The molecule has 0 spiro atoms. The number of methoxy groups -OCH3 is 1. The van der Waals surface area contributed by atoms with E-state index in [0.717, 1.165) is 11.3 Å². The van der Waals surface area contributed by atoms with Gasteiger partial charge in [0.2, 0.25) is 0 Å². The minimum Gasteiger partial charge on any atom is -0.469 e. The van der Waals surface area contributed by atoms with Gasteiger partial charge in [0.25, 0.3) is 0 Å². The Hall–Kier alpha value is -3.02. The van der Waals surface area contributed by atoms with Gasteiger partial charge in [-0.1, -0.05) is 48.5 Å². The molecule has 0 aliphatic carbocycles. The van der Waals surface area contributed by atoms with E-state index in [-0.39, 0.29) is 37.1 Å². The monoisotopic (exact) mass is 366 g/mol. The van der Waals surface area contributed by atoms with Crippen molar-refractivity contribution >= 4 is 17.7 Å². The van der Waals surface area contributed by atoms with Crippen LogP contribution in [0.5, 0.6) is 0 Å². The number of hydrogen-bond acceptors (Lipinski definition) is 5. The molecule has 2 aliphatic heterocycles. The van der Waals surface area contributed by atoms with Crippen molar-refractivity contribution in [2.24, 2.45) is 0 Å². The molecule has 6 nitrogen and oxygen atoms in total. The zero-order valence-electron chi connectivity index (χ0n) is 15.1. The molecule has 2 aliphatic rings. The van der Waals surface area contributed by atoms with Crippen LogP contribution in [0.3, 0.4) is 0 Å². The molecule has 1 fully saturated rings. The molecule has 2 aromatic carbocycles. The molecule has 0 bridgehead atoms. The second kappa shape index (κ2) is 7.31. The van der Waals surface area contributed by atoms with Crippen molar-refractivity contribution in [3.05, 3.63) is 65.7 Å². The highest BCUT2D eigenvalue weighted by molar-refractivity contribution is 5.75. The average Bonchev–Trinajstić information content (AvgIpc) is 3.22. The molecule has 1 amide bonds. The number of rotatable bonds is 4. The van der Waals surface area contributed by atoms with Crippen LogP contribution in [0.15, 0.2) is 54.6 Å². The zero-order valence-corrected chi connectivity index (χ0v) is 15.1. The van der Waals surface area contributed by atoms with Crippen LogP contribution in [0.2, 0.25) is 0 Å². The minimum atomic E-state index is -0.416. The van der Waals surface area contributed by atoms with E-state index in [9.17, 15) is 9.59 Å². The number of nitrogens with zero attached hydrogens (tertiary/aromatic N) is 1. The highest BCUT2D eigenvalue weighted by atomic mass is 16.6. The number of hydrogen-bond donors (Lipinski definition) is 1. The Balaban J connectivity index is 1.53. The molecule has 1 saturated heterocycles. The first-order valence-electron chi connectivity index (χ1n) is 9.08. The summed E-state index contributed by atoms with van der Waals surface area (Å²) in [6.45, 7) is 0.200. The number of benzene rings is 2. The maximum Gasteiger partial charge on any atom is 0.412 e. The maximum atomic E-state index is 12.9. The molecule has 0 radical (unpaired) electrons. The van der Waals surface area contributed by atoms with E-state index < -0.39 is 6.09 Å². The lowest BCUT2D eigenvalue weighted by molar-refractivity contribution is -0.141.